The first-order chi connectivity index (χ1) is 13.6. The number of hydrogen-bond donors (Lipinski definition) is 1. The second-order valence-corrected chi connectivity index (χ2v) is 10.5. The monoisotopic (exact) mass is 406 g/mol. The number of aliphatic hydroxyl groups is 1. The van der Waals surface area contributed by atoms with Crippen LogP contribution in [-0.4, -0.2) is 41.1 Å². The molecule has 9 unspecified atom stereocenters. The minimum Gasteiger partial charge on any atom is -0.462 e. The summed E-state index contributed by atoms with van der Waals surface area (Å²) < 4.78 is 11.1. The van der Waals surface area contributed by atoms with Gasteiger partial charge < -0.3 is 19.4 Å². The third-order valence-electron chi connectivity index (χ3n) is 9.33. The van der Waals surface area contributed by atoms with Crippen LogP contribution in [0.25, 0.3) is 0 Å². The summed E-state index contributed by atoms with van der Waals surface area (Å²) in [6, 6.07) is 0. The minimum absolute atomic E-state index is 0.0814. The summed E-state index contributed by atoms with van der Waals surface area (Å²) in [5, 5.41) is 12.0. The van der Waals surface area contributed by atoms with Gasteiger partial charge in [-0.15, -0.1) is 0 Å². The zero-order chi connectivity index (χ0) is 21.2. The molecule has 4 fully saturated rings. The van der Waals surface area contributed by atoms with Gasteiger partial charge in [-0.1, -0.05) is 13.8 Å². The quantitative estimate of drug-likeness (QED) is 0.572. The van der Waals surface area contributed by atoms with Crippen LogP contribution in [0, 0.1) is 34.5 Å². The van der Waals surface area contributed by atoms with Crippen molar-refractivity contribution in [3.63, 3.8) is 0 Å². The molecule has 162 valence electrons. The van der Waals surface area contributed by atoms with E-state index in [1.165, 1.54) is 13.8 Å². The highest BCUT2D eigenvalue weighted by Crippen LogP contribution is 2.71. The van der Waals surface area contributed by atoms with Crippen LogP contribution in [0.3, 0.4) is 0 Å². The minimum atomic E-state index is -1.16. The van der Waals surface area contributed by atoms with Gasteiger partial charge in [-0.05, 0) is 56.3 Å². The first-order valence-corrected chi connectivity index (χ1v) is 11.1. The zero-order valence-corrected chi connectivity index (χ0v) is 18.0. The van der Waals surface area contributed by atoms with E-state index in [2.05, 4.69) is 13.8 Å². The Morgan fingerprint density at radius 3 is 2.28 bits per heavy atom. The Labute approximate surface area is 172 Å². The van der Waals surface area contributed by atoms with Crippen LogP contribution in [0.2, 0.25) is 0 Å². The number of esters is 2. The summed E-state index contributed by atoms with van der Waals surface area (Å²) in [5.41, 5.74) is -1.67. The fraction of sp³-hybridized carbons (Fsp3) is 0.870. The Kier molecular flexibility index (Phi) is 4.88. The molecule has 4 aliphatic rings. The third kappa shape index (κ3) is 2.81. The summed E-state index contributed by atoms with van der Waals surface area (Å²) in [6.07, 6.45) is 5.93. The molecule has 0 spiro atoms. The summed E-state index contributed by atoms with van der Waals surface area (Å²) in [6.45, 7) is 7.19. The normalized spacial score (nSPS) is 50.8. The first-order valence-electron chi connectivity index (χ1n) is 11.1. The Morgan fingerprint density at radius 2 is 1.66 bits per heavy atom. The Bertz CT molecular complexity index is 720. The Hall–Kier alpha value is -1.43. The van der Waals surface area contributed by atoms with Crippen molar-refractivity contribution in [2.45, 2.75) is 90.4 Å². The summed E-state index contributed by atoms with van der Waals surface area (Å²) >= 11 is 0. The lowest BCUT2D eigenvalue weighted by Crippen LogP contribution is -2.55. The molecule has 0 aromatic carbocycles. The Balaban J connectivity index is 1.68. The molecule has 4 aliphatic carbocycles. The highest BCUT2D eigenvalue weighted by Gasteiger charge is 2.72. The molecule has 0 saturated heterocycles. The van der Waals surface area contributed by atoms with Crippen LogP contribution in [0.1, 0.15) is 72.6 Å². The maximum Gasteiger partial charge on any atom is 0.302 e. The molecule has 29 heavy (non-hydrogen) atoms. The van der Waals surface area contributed by atoms with Gasteiger partial charge in [0, 0.05) is 37.0 Å². The standard InChI is InChI=1S/C23H34O6/c1-13(25)28-15-7-10-22(4)17-8-9-21(3)16(5-6-19(21)29-14(2)26)20(17)18(12-24)23(22,27)11-15/h12,15-20,27H,5-11H2,1-4H3. The van der Waals surface area contributed by atoms with E-state index in [1.54, 1.807) is 0 Å². The van der Waals surface area contributed by atoms with Crippen LogP contribution in [0.5, 0.6) is 0 Å². The van der Waals surface area contributed by atoms with E-state index >= 15 is 0 Å². The molecule has 1 N–H and O–H groups in total. The lowest BCUT2D eigenvalue weighted by atomic mass is 9.55. The van der Waals surface area contributed by atoms with Gasteiger partial charge in [-0.3, -0.25) is 9.59 Å². The van der Waals surface area contributed by atoms with E-state index in [1.807, 2.05) is 0 Å². The SMILES string of the molecule is CC(=O)OC1CCC2(C)C3CCC4(C)C(OC(C)=O)CCC4C3C(C=O)C2(O)C1. The molecule has 4 saturated carbocycles. The van der Waals surface area contributed by atoms with Crippen molar-refractivity contribution in [3.05, 3.63) is 0 Å². The smallest absolute Gasteiger partial charge is 0.302 e. The molecular weight excluding hydrogens is 372 g/mol. The van der Waals surface area contributed by atoms with Crippen molar-refractivity contribution >= 4 is 18.2 Å². The summed E-state index contributed by atoms with van der Waals surface area (Å²) in [4.78, 5) is 35.5. The van der Waals surface area contributed by atoms with Crippen molar-refractivity contribution in [2.24, 2.45) is 34.5 Å². The number of rotatable bonds is 3. The highest BCUT2D eigenvalue weighted by molar-refractivity contribution is 5.66. The first kappa shape index (κ1) is 20.8. The van der Waals surface area contributed by atoms with Gasteiger partial charge in [0.2, 0.25) is 0 Å². The fourth-order valence-electron chi connectivity index (χ4n) is 8.02. The number of ether oxygens (including phenoxy) is 2. The maximum atomic E-state index is 12.4. The summed E-state index contributed by atoms with van der Waals surface area (Å²) in [5.74, 6) is -0.474. The van der Waals surface area contributed by atoms with Gasteiger partial charge in [0.25, 0.3) is 0 Å². The predicted octanol–water partition coefficient (Wildman–Crippen LogP) is 3.04. The van der Waals surface area contributed by atoms with E-state index in [4.69, 9.17) is 9.47 Å². The van der Waals surface area contributed by atoms with Crippen molar-refractivity contribution in [1.29, 1.82) is 0 Å². The maximum absolute atomic E-state index is 12.4. The van der Waals surface area contributed by atoms with Crippen molar-refractivity contribution in [3.8, 4) is 0 Å². The van der Waals surface area contributed by atoms with Crippen molar-refractivity contribution < 1.29 is 29.0 Å². The molecule has 0 heterocycles. The number of hydrogen-bond acceptors (Lipinski definition) is 6. The molecule has 0 aromatic rings. The highest BCUT2D eigenvalue weighted by atomic mass is 16.5. The van der Waals surface area contributed by atoms with Gasteiger partial charge in [-0.25, -0.2) is 0 Å². The second kappa shape index (κ2) is 6.79. The molecule has 0 radical (unpaired) electrons. The van der Waals surface area contributed by atoms with Gasteiger partial charge in [0.1, 0.15) is 18.5 Å². The fourth-order valence-corrected chi connectivity index (χ4v) is 8.02. The van der Waals surface area contributed by atoms with E-state index in [9.17, 15) is 19.5 Å². The van der Waals surface area contributed by atoms with Crippen molar-refractivity contribution in [1.82, 2.24) is 0 Å². The largest absolute Gasteiger partial charge is 0.462 e. The molecule has 0 amide bonds. The molecular formula is C23H34O6. The number of carbonyl (C=O) groups excluding carboxylic acids is 3. The molecule has 6 nitrogen and oxygen atoms in total. The third-order valence-corrected chi connectivity index (χ3v) is 9.33. The zero-order valence-electron chi connectivity index (χ0n) is 18.0. The number of fused-ring (bicyclic) bond motifs is 5. The van der Waals surface area contributed by atoms with Crippen LogP contribution < -0.4 is 0 Å². The second-order valence-electron chi connectivity index (χ2n) is 10.5. The van der Waals surface area contributed by atoms with Crippen LogP contribution in [0.4, 0.5) is 0 Å². The van der Waals surface area contributed by atoms with E-state index in [-0.39, 0.29) is 52.7 Å². The van der Waals surface area contributed by atoms with Crippen LogP contribution in [0.15, 0.2) is 0 Å². The molecule has 4 rings (SSSR count). The molecule has 0 aliphatic heterocycles. The molecule has 9 atom stereocenters. The average Bonchev–Trinajstić information content (AvgIpc) is 3.04. The van der Waals surface area contributed by atoms with Crippen LogP contribution in [-0.2, 0) is 23.9 Å². The molecule has 6 heteroatoms. The lowest BCUT2D eigenvalue weighted by Gasteiger charge is -2.51. The number of carbonyl (C=O) groups is 3. The summed E-state index contributed by atoms with van der Waals surface area (Å²) in [7, 11) is 0. The van der Waals surface area contributed by atoms with E-state index < -0.39 is 11.5 Å². The van der Waals surface area contributed by atoms with Gasteiger partial charge >= 0.3 is 11.9 Å². The Morgan fingerprint density at radius 1 is 0.966 bits per heavy atom. The van der Waals surface area contributed by atoms with Crippen molar-refractivity contribution in [2.75, 3.05) is 0 Å². The van der Waals surface area contributed by atoms with Crippen LogP contribution >= 0.6 is 0 Å². The van der Waals surface area contributed by atoms with Gasteiger partial charge in [0.15, 0.2) is 0 Å². The lowest BCUT2D eigenvalue weighted by molar-refractivity contribution is -0.174. The topological polar surface area (TPSA) is 89.9 Å². The predicted molar refractivity (Wildman–Crippen MR) is 105 cm³/mol. The number of aldehydes is 1. The molecule has 0 aromatic heterocycles. The van der Waals surface area contributed by atoms with Gasteiger partial charge in [-0.2, -0.15) is 0 Å². The molecule has 0 bridgehead atoms. The van der Waals surface area contributed by atoms with E-state index in [0.29, 0.717) is 6.42 Å². The van der Waals surface area contributed by atoms with E-state index in [0.717, 1.165) is 44.8 Å². The average molecular weight is 407 g/mol. The van der Waals surface area contributed by atoms with Gasteiger partial charge in [0.05, 0.1) is 5.60 Å².